The van der Waals surface area contributed by atoms with Crippen molar-refractivity contribution in [2.24, 2.45) is 5.10 Å². The zero-order chi connectivity index (χ0) is 14.4. The fraction of sp³-hybridized carbons (Fsp3) is 0.125. The van der Waals surface area contributed by atoms with E-state index in [1.807, 2.05) is 30.3 Å². The molecule has 0 fully saturated rings. The number of nitrogens with zero attached hydrogens (tertiary/aromatic N) is 2. The Hall–Kier alpha value is -2.62. The zero-order valence-corrected chi connectivity index (χ0v) is 11.5. The Morgan fingerprint density at radius 3 is 2.30 bits per heavy atom. The number of rotatable bonds is 4. The maximum Gasteiger partial charge on any atom is 0.278 e. The van der Waals surface area contributed by atoms with Gasteiger partial charge in [-0.3, -0.25) is 4.79 Å². The van der Waals surface area contributed by atoms with Gasteiger partial charge < -0.3 is 4.74 Å². The highest BCUT2D eigenvalue weighted by Gasteiger charge is 2.16. The highest BCUT2D eigenvalue weighted by molar-refractivity contribution is 6.06. The topological polar surface area (TPSA) is 41.9 Å². The van der Waals surface area contributed by atoms with Gasteiger partial charge in [0.05, 0.1) is 12.8 Å². The number of amides is 1. The summed E-state index contributed by atoms with van der Waals surface area (Å²) in [6.07, 6.45) is 1.59. The largest absolute Gasteiger partial charge is 0.497 e. The third-order valence-corrected chi connectivity index (χ3v) is 2.76. The number of hydrogen-bond acceptors (Lipinski definition) is 3. The predicted molar refractivity (Wildman–Crippen MR) is 80.4 cm³/mol. The molecular weight excluding hydrogens is 252 g/mol. The standard InChI is InChI=1S/C16H16N2O2/c1-3-17-18(14-7-5-4-6-8-14)16(19)13-9-11-15(20-2)12-10-13/h3-12H,1-2H3/b17-3+. The van der Waals surface area contributed by atoms with Crippen molar-refractivity contribution in [3.63, 3.8) is 0 Å². The summed E-state index contributed by atoms with van der Waals surface area (Å²) < 4.78 is 5.09. The summed E-state index contributed by atoms with van der Waals surface area (Å²) in [6, 6.07) is 16.3. The van der Waals surface area contributed by atoms with Gasteiger partial charge in [0, 0.05) is 11.8 Å². The molecule has 0 bridgehead atoms. The van der Waals surface area contributed by atoms with Crippen LogP contribution in [0.5, 0.6) is 5.75 Å². The van der Waals surface area contributed by atoms with Crippen LogP contribution in [0.3, 0.4) is 0 Å². The Labute approximate surface area is 118 Å². The molecule has 0 saturated carbocycles. The molecule has 0 spiro atoms. The van der Waals surface area contributed by atoms with E-state index in [4.69, 9.17) is 4.74 Å². The van der Waals surface area contributed by atoms with Crippen molar-refractivity contribution in [2.45, 2.75) is 6.92 Å². The molecule has 0 aliphatic carbocycles. The van der Waals surface area contributed by atoms with Crippen LogP contribution in [0, 0.1) is 0 Å². The second-order valence-corrected chi connectivity index (χ2v) is 4.05. The summed E-state index contributed by atoms with van der Waals surface area (Å²) in [7, 11) is 1.59. The lowest BCUT2D eigenvalue weighted by molar-refractivity contribution is 0.0988. The first-order chi connectivity index (χ1) is 9.76. The van der Waals surface area contributed by atoms with E-state index in [2.05, 4.69) is 5.10 Å². The van der Waals surface area contributed by atoms with Gasteiger partial charge in [-0.05, 0) is 43.3 Å². The number of benzene rings is 2. The average Bonchev–Trinajstić information content (AvgIpc) is 2.53. The van der Waals surface area contributed by atoms with Crippen molar-refractivity contribution in [3.05, 3.63) is 60.2 Å². The number of ether oxygens (including phenoxy) is 1. The van der Waals surface area contributed by atoms with Gasteiger partial charge >= 0.3 is 0 Å². The van der Waals surface area contributed by atoms with Crippen LogP contribution < -0.4 is 9.75 Å². The Balaban J connectivity index is 2.31. The molecule has 4 heteroatoms. The molecule has 20 heavy (non-hydrogen) atoms. The molecule has 0 aromatic heterocycles. The summed E-state index contributed by atoms with van der Waals surface area (Å²) >= 11 is 0. The number of anilines is 1. The fourth-order valence-corrected chi connectivity index (χ4v) is 1.78. The van der Waals surface area contributed by atoms with Gasteiger partial charge in [0.1, 0.15) is 5.75 Å². The third-order valence-electron chi connectivity index (χ3n) is 2.76. The maximum absolute atomic E-state index is 12.5. The number of hydrazone groups is 1. The number of para-hydroxylation sites is 1. The predicted octanol–water partition coefficient (Wildman–Crippen LogP) is 3.35. The molecule has 0 atom stereocenters. The van der Waals surface area contributed by atoms with Crippen molar-refractivity contribution < 1.29 is 9.53 Å². The van der Waals surface area contributed by atoms with Gasteiger partial charge in [-0.15, -0.1) is 0 Å². The van der Waals surface area contributed by atoms with Crippen LogP contribution in [0.2, 0.25) is 0 Å². The van der Waals surface area contributed by atoms with Gasteiger partial charge in [-0.25, -0.2) is 0 Å². The van der Waals surface area contributed by atoms with Crippen LogP contribution in [0.15, 0.2) is 59.7 Å². The SMILES string of the molecule is C/C=N/N(C(=O)c1ccc(OC)cc1)c1ccccc1. The van der Waals surface area contributed by atoms with Crippen LogP contribution in [0.1, 0.15) is 17.3 Å². The minimum Gasteiger partial charge on any atom is -0.497 e. The molecule has 1 amide bonds. The van der Waals surface area contributed by atoms with E-state index in [9.17, 15) is 4.79 Å². The molecule has 0 aliphatic rings. The molecule has 0 N–H and O–H groups in total. The van der Waals surface area contributed by atoms with E-state index in [1.54, 1.807) is 44.5 Å². The molecule has 2 aromatic rings. The van der Waals surface area contributed by atoms with E-state index in [0.717, 1.165) is 5.69 Å². The minimum atomic E-state index is -0.183. The van der Waals surface area contributed by atoms with E-state index in [0.29, 0.717) is 11.3 Å². The Morgan fingerprint density at radius 2 is 1.75 bits per heavy atom. The van der Waals surface area contributed by atoms with Crippen LogP contribution in [0.4, 0.5) is 5.69 Å². The minimum absolute atomic E-state index is 0.183. The smallest absolute Gasteiger partial charge is 0.278 e. The molecule has 102 valence electrons. The van der Waals surface area contributed by atoms with Crippen LogP contribution in [-0.4, -0.2) is 19.2 Å². The second-order valence-electron chi connectivity index (χ2n) is 4.05. The molecule has 0 unspecified atom stereocenters. The van der Waals surface area contributed by atoms with Gasteiger partial charge in [0.2, 0.25) is 0 Å². The lowest BCUT2D eigenvalue weighted by Crippen LogP contribution is -2.25. The van der Waals surface area contributed by atoms with Crippen molar-refractivity contribution in [1.29, 1.82) is 0 Å². The summed E-state index contributed by atoms with van der Waals surface area (Å²) in [5.74, 6) is 0.531. The first-order valence-electron chi connectivity index (χ1n) is 6.28. The molecule has 0 heterocycles. The first-order valence-corrected chi connectivity index (χ1v) is 6.28. The van der Waals surface area contributed by atoms with E-state index in [1.165, 1.54) is 5.01 Å². The van der Waals surface area contributed by atoms with Gasteiger partial charge in [0.25, 0.3) is 5.91 Å². The molecule has 4 nitrogen and oxygen atoms in total. The quantitative estimate of drug-likeness (QED) is 0.630. The van der Waals surface area contributed by atoms with Crippen molar-refractivity contribution in [2.75, 3.05) is 12.1 Å². The highest BCUT2D eigenvalue weighted by atomic mass is 16.5. The number of hydrogen-bond donors (Lipinski definition) is 0. The van der Waals surface area contributed by atoms with E-state index >= 15 is 0 Å². The molecule has 2 rings (SSSR count). The Kier molecular flexibility index (Phi) is 4.50. The Morgan fingerprint density at radius 1 is 1.10 bits per heavy atom. The molecule has 0 saturated heterocycles. The second kappa shape index (κ2) is 6.52. The number of methoxy groups -OCH3 is 1. The zero-order valence-electron chi connectivity index (χ0n) is 11.5. The van der Waals surface area contributed by atoms with Gasteiger partial charge in [-0.1, -0.05) is 18.2 Å². The van der Waals surface area contributed by atoms with Crippen LogP contribution >= 0.6 is 0 Å². The van der Waals surface area contributed by atoms with Crippen LogP contribution in [0.25, 0.3) is 0 Å². The van der Waals surface area contributed by atoms with E-state index < -0.39 is 0 Å². The van der Waals surface area contributed by atoms with Gasteiger partial charge in [0.15, 0.2) is 0 Å². The van der Waals surface area contributed by atoms with Crippen molar-refractivity contribution in [3.8, 4) is 5.75 Å². The Bertz CT molecular complexity index is 592. The molecule has 2 aromatic carbocycles. The van der Waals surface area contributed by atoms with Gasteiger partial charge in [-0.2, -0.15) is 10.1 Å². The summed E-state index contributed by atoms with van der Waals surface area (Å²) in [5, 5.41) is 5.52. The molecule has 0 aliphatic heterocycles. The number of carbonyl (C=O) groups is 1. The average molecular weight is 268 g/mol. The number of carbonyl (C=O) groups excluding carboxylic acids is 1. The summed E-state index contributed by atoms with van der Waals surface area (Å²) in [6.45, 7) is 1.78. The van der Waals surface area contributed by atoms with Crippen molar-refractivity contribution in [1.82, 2.24) is 0 Å². The van der Waals surface area contributed by atoms with Crippen molar-refractivity contribution >= 4 is 17.8 Å². The molecule has 0 radical (unpaired) electrons. The lowest BCUT2D eigenvalue weighted by atomic mass is 10.2. The van der Waals surface area contributed by atoms with E-state index in [-0.39, 0.29) is 5.91 Å². The normalized spacial score (nSPS) is 10.5. The van der Waals surface area contributed by atoms with Crippen LogP contribution in [-0.2, 0) is 0 Å². The third kappa shape index (κ3) is 3.03. The summed E-state index contributed by atoms with van der Waals surface area (Å²) in [5.41, 5.74) is 1.28. The molecular formula is C16H16N2O2. The first kappa shape index (κ1) is 13.8. The fourth-order valence-electron chi connectivity index (χ4n) is 1.78. The maximum atomic E-state index is 12.5. The summed E-state index contributed by atoms with van der Waals surface area (Å²) in [4.78, 5) is 12.5. The highest BCUT2D eigenvalue weighted by Crippen LogP contribution is 2.19. The lowest BCUT2D eigenvalue weighted by Gasteiger charge is -2.17. The monoisotopic (exact) mass is 268 g/mol.